The van der Waals surface area contributed by atoms with Crippen LogP contribution in [0.5, 0.6) is 5.75 Å². The number of aliphatic hydroxyl groups excluding tert-OH is 1. The van der Waals surface area contributed by atoms with Crippen LogP contribution < -0.4 is 4.74 Å². The van der Waals surface area contributed by atoms with Crippen LogP contribution in [-0.4, -0.2) is 23.8 Å². The number of methoxy groups -OCH3 is 1. The van der Waals surface area contributed by atoms with Crippen molar-refractivity contribution in [1.82, 2.24) is 4.98 Å². The summed E-state index contributed by atoms with van der Waals surface area (Å²) in [4.78, 5) is 3.21. The van der Waals surface area contributed by atoms with Gasteiger partial charge in [0.05, 0.1) is 7.11 Å². The lowest BCUT2D eigenvalue weighted by molar-refractivity contribution is 0.289. The first-order valence-electron chi connectivity index (χ1n) is 5.10. The van der Waals surface area contributed by atoms with Gasteiger partial charge >= 0.3 is 0 Å². The van der Waals surface area contributed by atoms with E-state index < -0.39 is 0 Å². The second-order valence-electron chi connectivity index (χ2n) is 3.55. The van der Waals surface area contributed by atoms with E-state index in [0.29, 0.717) is 0 Å². The molecule has 2 N–H and O–H groups in total. The number of nitrogens with one attached hydrogen (secondary N) is 1. The van der Waals surface area contributed by atoms with E-state index in [-0.39, 0.29) is 6.61 Å². The number of aryl methyl sites for hydroxylation is 1. The van der Waals surface area contributed by atoms with E-state index in [2.05, 4.69) is 11.1 Å². The molecule has 2 rings (SSSR count). The fourth-order valence-corrected chi connectivity index (χ4v) is 1.77. The van der Waals surface area contributed by atoms with Gasteiger partial charge in [0.15, 0.2) is 0 Å². The average molecular weight is 205 g/mol. The summed E-state index contributed by atoms with van der Waals surface area (Å²) < 4.78 is 5.15. The molecule has 0 spiro atoms. The van der Waals surface area contributed by atoms with E-state index in [1.807, 2.05) is 18.3 Å². The molecule has 0 aliphatic carbocycles. The largest absolute Gasteiger partial charge is 0.497 e. The Morgan fingerprint density at radius 1 is 1.40 bits per heavy atom. The van der Waals surface area contributed by atoms with Crippen LogP contribution in [0.3, 0.4) is 0 Å². The predicted octanol–water partition coefficient (Wildman–Crippen LogP) is 2.10. The number of benzene rings is 1. The van der Waals surface area contributed by atoms with Crippen molar-refractivity contribution in [2.75, 3.05) is 13.7 Å². The van der Waals surface area contributed by atoms with Crippen LogP contribution in [0.15, 0.2) is 24.4 Å². The first-order valence-corrected chi connectivity index (χ1v) is 5.10. The number of H-pyrrole nitrogens is 1. The number of rotatable bonds is 4. The predicted molar refractivity (Wildman–Crippen MR) is 60.3 cm³/mol. The number of aromatic nitrogens is 1. The van der Waals surface area contributed by atoms with Crippen molar-refractivity contribution in [1.29, 1.82) is 0 Å². The van der Waals surface area contributed by atoms with E-state index in [1.165, 1.54) is 10.9 Å². The fourth-order valence-electron chi connectivity index (χ4n) is 1.77. The van der Waals surface area contributed by atoms with Crippen LogP contribution in [-0.2, 0) is 6.42 Å². The third-order valence-electron chi connectivity index (χ3n) is 2.58. The molecule has 1 aromatic carbocycles. The van der Waals surface area contributed by atoms with Crippen molar-refractivity contribution in [3.63, 3.8) is 0 Å². The Balaban J connectivity index is 2.34. The lowest BCUT2D eigenvalue weighted by Crippen LogP contribution is -1.87. The molecule has 0 fully saturated rings. The maximum atomic E-state index is 8.79. The van der Waals surface area contributed by atoms with Gasteiger partial charge < -0.3 is 14.8 Å². The van der Waals surface area contributed by atoms with Crippen molar-refractivity contribution in [3.05, 3.63) is 30.0 Å². The molecule has 0 atom stereocenters. The van der Waals surface area contributed by atoms with Crippen molar-refractivity contribution >= 4 is 10.9 Å². The molecule has 0 unspecified atom stereocenters. The summed E-state index contributed by atoms with van der Waals surface area (Å²) in [6.07, 6.45) is 3.71. The third kappa shape index (κ3) is 1.97. The number of aliphatic hydroxyl groups is 1. The Bertz CT molecular complexity index is 448. The van der Waals surface area contributed by atoms with Gasteiger partial charge in [-0.1, -0.05) is 0 Å². The summed E-state index contributed by atoms with van der Waals surface area (Å²) in [5, 5.41) is 10.0. The van der Waals surface area contributed by atoms with E-state index in [4.69, 9.17) is 9.84 Å². The smallest absolute Gasteiger partial charge is 0.120 e. The molecule has 0 amide bonds. The van der Waals surface area contributed by atoms with Gasteiger partial charge in [-0.2, -0.15) is 0 Å². The first-order chi connectivity index (χ1) is 7.35. The zero-order valence-corrected chi connectivity index (χ0v) is 8.79. The monoisotopic (exact) mass is 205 g/mol. The molecule has 0 aliphatic heterocycles. The zero-order chi connectivity index (χ0) is 10.7. The number of fused-ring (bicyclic) bond motifs is 1. The highest BCUT2D eigenvalue weighted by atomic mass is 16.5. The van der Waals surface area contributed by atoms with E-state index in [1.54, 1.807) is 7.11 Å². The van der Waals surface area contributed by atoms with Crippen LogP contribution in [0.25, 0.3) is 10.9 Å². The van der Waals surface area contributed by atoms with Gasteiger partial charge in [-0.25, -0.2) is 0 Å². The van der Waals surface area contributed by atoms with Gasteiger partial charge in [0.25, 0.3) is 0 Å². The fraction of sp³-hybridized carbons (Fsp3) is 0.333. The molecule has 1 aromatic heterocycles. The Labute approximate surface area is 88.7 Å². The lowest BCUT2D eigenvalue weighted by atomic mass is 10.1. The minimum atomic E-state index is 0.239. The highest BCUT2D eigenvalue weighted by Crippen LogP contribution is 2.23. The number of hydrogen-bond donors (Lipinski definition) is 2. The summed E-state index contributed by atoms with van der Waals surface area (Å²) in [6.45, 7) is 0.239. The Morgan fingerprint density at radius 3 is 3.00 bits per heavy atom. The van der Waals surface area contributed by atoms with Crippen LogP contribution >= 0.6 is 0 Å². The van der Waals surface area contributed by atoms with Crippen molar-refractivity contribution < 1.29 is 9.84 Å². The molecule has 0 saturated heterocycles. The normalized spacial score (nSPS) is 10.8. The van der Waals surface area contributed by atoms with Crippen LogP contribution in [0.1, 0.15) is 12.0 Å². The first kappa shape index (κ1) is 10.1. The standard InChI is InChI=1S/C12H15NO2/c1-15-10-4-5-11-9(3-2-6-14)8-13-12(11)7-10/h4-5,7-8,13-14H,2-3,6H2,1H3. The third-order valence-corrected chi connectivity index (χ3v) is 2.58. The molecular formula is C12H15NO2. The summed E-state index contributed by atoms with van der Waals surface area (Å²) >= 11 is 0. The van der Waals surface area contributed by atoms with E-state index in [0.717, 1.165) is 24.1 Å². The van der Waals surface area contributed by atoms with Crippen molar-refractivity contribution in [3.8, 4) is 5.75 Å². The highest BCUT2D eigenvalue weighted by molar-refractivity contribution is 5.84. The van der Waals surface area contributed by atoms with E-state index in [9.17, 15) is 0 Å². The van der Waals surface area contributed by atoms with Crippen LogP contribution in [0.4, 0.5) is 0 Å². The maximum absolute atomic E-state index is 8.79. The molecule has 3 heteroatoms. The average Bonchev–Trinajstić information content (AvgIpc) is 2.68. The maximum Gasteiger partial charge on any atom is 0.120 e. The number of hydrogen-bond acceptors (Lipinski definition) is 2. The molecule has 3 nitrogen and oxygen atoms in total. The van der Waals surface area contributed by atoms with Gasteiger partial charge in [-0.15, -0.1) is 0 Å². The van der Waals surface area contributed by atoms with Gasteiger partial charge in [0, 0.05) is 29.8 Å². The molecule has 1 heterocycles. The SMILES string of the molecule is COc1ccc2c(CCCO)c[nH]c2c1. The summed E-state index contributed by atoms with van der Waals surface area (Å²) in [6, 6.07) is 5.99. The Kier molecular flexibility index (Phi) is 2.92. The highest BCUT2D eigenvalue weighted by Gasteiger charge is 2.03. The second-order valence-corrected chi connectivity index (χ2v) is 3.55. The van der Waals surface area contributed by atoms with Gasteiger partial charge in [0.2, 0.25) is 0 Å². The molecule has 0 bridgehead atoms. The molecular weight excluding hydrogens is 190 g/mol. The summed E-state index contributed by atoms with van der Waals surface area (Å²) in [7, 11) is 1.66. The topological polar surface area (TPSA) is 45.2 Å². The molecule has 0 radical (unpaired) electrons. The van der Waals surface area contributed by atoms with Crippen molar-refractivity contribution in [2.45, 2.75) is 12.8 Å². The Morgan fingerprint density at radius 2 is 2.27 bits per heavy atom. The molecule has 0 aliphatic rings. The number of aromatic amines is 1. The Hall–Kier alpha value is -1.48. The summed E-state index contributed by atoms with van der Waals surface area (Å²) in [5.41, 5.74) is 2.34. The second kappa shape index (κ2) is 4.36. The van der Waals surface area contributed by atoms with E-state index >= 15 is 0 Å². The van der Waals surface area contributed by atoms with Gasteiger partial charge in [-0.05, 0) is 30.5 Å². The lowest BCUT2D eigenvalue weighted by Gasteiger charge is -2.00. The quantitative estimate of drug-likeness (QED) is 0.802. The molecule has 0 saturated carbocycles. The van der Waals surface area contributed by atoms with Crippen LogP contribution in [0, 0.1) is 0 Å². The minimum Gasteiger partial charge on any atom is -0.497 e. The molecule has 15 heavy (non-hydrogen) atoms. The molecule has 2 aromatic rings. The molecule has 80 valence electrons. The van der Waals surface area contributed by atoms with Crippen LogP contribution in [0.2, 0.25) is 0 Å². The van der Waals surface area contributed by atoms with Crippen molar-refractivity contribution in [2.24, 2.45) is 0 Å². The number of ether oxygens (including phenoxy) is 1. The van der Waals surface area contributed by atoms with Gasteiger partial charge in [-0.3, -0.25) is 0 Å². The van der Waals surface area contributed by atoms with Gasteiger partial charge in [0.1, 0.15) is 5.75 Å². The zero-order valence-electron chi connectivity index (χ0n) is 8.79. The summed E-state index contributed by atoms with van der Waals surface area (Å²) in [5.74, 6) is 0.859. The minimum absolute atomic E-state index is 0.239.